The van der Waals surface area contributed by atoms with Gasteiger partial charge in [0.25, 0.3) is 0 Å². The van der Waals surface area contributed by atoms with Gasteiger partial charge in [-0.25, -0.2) is 13.1 Å². The highest BCUT2D eigenvalue weighted by atomic mass is 35.5. The molecule has 106 valence electrons. The summed E-state index contributed by atoms with van der Waals surface area (Å²) in [5.74, 6) is 5.31. The molecule has 7 heteroatoms. The molecule has 0 aliphatic heterocycles. The van der Waals surface area contributed by atoms with Crippen molar-refractivity contribution in [1.82, 2.24) is 4.72 Å². The Morgan fingerprint density at radius 1 is 1.10 bits per heavy atom. The van der Waals surface area contributed by atoms with Gasteiger partial charge in [0.2, 0.25) is 10.0 Å². The van der Waals surface area contributed by atoms with E-state index in [1.165, 1.54) is 6.07 Å². The maximum atomic E-state index is 12.2. The average molecular weight is 312 g/mol. The second-order valence-electron chi connectivity index (χ2n) is 4.09. The second kappa shape index (κ2) is 6.23. The fraction of sp³-hybridized carbons (Fsp3) is 0.0769. The third kappa shape index (κ3) is 3.49. The van der Waals surface area contributed by atoms with Crippen LogP contribution in [0.5, 0.6) is 0 Å². The number of nitrogen functional groups attached to an aromatic ring is 1. The van der Waals surface area contributed by atoms with Crippen LogP contribution in [-0.4, -0.2) is 8.42 Å². The number of sulfonamides is 1. The van der Waals surface area contributed by atoms with Gasteiger partial charge in [0.05, 0.1) is 5.69 Å². The number of benzene rings is 2. The van der Waals surface area contributed by atoms with Crippen LogP contribution in [0.1, 0.15) is 5.56 Å². The average Bonchev–Trinajstić information content (AvgIpc) is 2.45. The molecule has 20 heavy (non-hydrogen) atoms. The molecule has 0 unspecified atom stereocenters. The minimum atomic E-state index is -3.65. The molecule has 5 nitrogen and oxygen atoms in total. The van der Waals surface area contributed by atoms with E-state index in [1.54, 1.807) is 42.5 Å². The molecule has 0 aromatic heterocycles. The van der Waals surface area contributed by atoms with Gasteiger partial charge in [0.15, 0.2) is 0 Å². The molecule has 0 atom stereocenters. The molecule has 0 spiro atoms. The van der Waals surface area contributed by atoms with Gasteiger partial charge in [-0.15, -0.1) is 0 Å². The van der Waals surface area contributed by atoms with Crippen LogP contribution >= 0.6 is 11.6 Å². The van der Waals surface area contributed by atoms with Crippen LogP contribution in [0.15, 0.2) is 53.4 Å². The second-order valence-corrected chi connectivity index (χ2v) is 6.27. The van der Waals surface area contributed by atoms with Gasteiger partial charge in [-0.2, -0.15) is 0 Å². The lowest BCUT2D eigenvalue weighted by Gasteiger charge is -2.11. The number of anilines is 1. The number of hydrogen-bond donors (Lipinski definition) is 3. The van der Waals surface area contributed by atoms with E-state index in [4.69, 9.17) is 17.4 Å². The lowest BCUT2D eigenvalue weighted by molar-refractivity contribution is 0.581. The van der Waals surface area contributed by atoms with Crippen molar-refractivity contribution in [1.29, 1.82) is 0 Å². The fourth-order valence-corrected chi connectivity index (χ4v) is 3.12. The molecule has 4 N–H and O–H groups in total. The van der Waals surface area contributed by atoms with E-state index in [0.717, 1.165) is 5.56 Å². The summed E-state index contributed by atoms with van der Waals surface area (Å²) in [7, 11) is -3.65. The van der Waals surface area contributed by atoms with E-state index in [2.05, 4.69) is 10.1 Å². The summed E-state index contributed by atoms with van der Waals surface area (Å²) < 4.78 is 27.0. The minimum absolute atomic E-state index is 0.101. The molecule has 2 aromatic rings. The molecule has 0 fully saturated rings. The number of rotatable bonds is 5. The number of hydrazine groups is 1. The lowest BCUT2D eigenvalue weighted by Crippen LogP contribution is -2.25. The molecule has 2 rings (SSSR count). The lowest BCUT2D eigenvalue weighted by atomic mass is 10.2. The third-order valence-corrected chi connectivity index (χ3v) is 4.38. The highest BCUT2D eigenvalue weighted by Gasteiger charge is 2.17. The quantitative estimate of drug-likeness (QED) is 0.583. The van der Waals surface area contributed by atoms with Crippen molar-refractivity contribution in [2.24, 2.45) is 5.84 Å². The summed E-state index contributed by atoms with van der Waals surface area (Å²) in [5, 5.41) is 0.561. The zero-order valence-electron chi connectivity index (χ0n) is 10.5. The maximum absolute atomic E-state index is 12.2. The molecule has 0 aliphatic rings. The van der Waals surface area contributed by atoms with Crippen LogP contribution in [0.25, 0.3) is 0 Å². The van der Waals surface area contributed by atoms with E-state index < -0.39 is 10.0 Å². The fourth-order valence-electron chi connectivity index (χ4n) is 1.72. The highest BCUT2D eigenvalue weighted by molar-refractivity contribution is 7.89. The van der Waals surface area contributed by atoms with Gasteiger partial charge in [-0.3, -0.25) is 5.84 Å². The topological polar surface area (TPSA) is 84.2 Å². The SMILES string of the molecule is NNc1ccccc1S(=O)(=O)NCc1cccc(Cl)c1. The van der Waals surface area contributed by atoms with Crippen molar-refractivity contribution >= 4 is 27.3 Å². The summed E-state index contributed by atoms with van der Waals surface area (Å²) in [5.41, 5.74) is 3.48. The molecule has 0 bridgehead atoms. The van der Waals surface area contributed by atoms with Crippen LogP contribution in [0.4, 0.5) is 5.69 Å². The van der Waals surface area contributed by atoms with E-state index in [9.17, 15) is 8.42 Å². The molecule has 0 heterocycles. The van der Waals surface area contributed by atoms with Gasteiger partial charge < -0.3 is 5.43 Å². The molecule has 0 saturated heterocycles. The molecule has 2 aromatic carbocycles. The molecule has 0 saturated carbocycles. The Morgan fingerprint density at radius 2 is 1.85 bits per heavy atom. The van der Waals surface area contributed by atoms with Crippen molar-refractivity contribution in [3.8, 4) is 0 Å². The van der Waals surface area contributed by atoms with Crippen molar-refractivity contribution in [2.45, 2.75) is 11.4 Å². The van der Waals surface area contributed by atoms with Crippen LogP contribution in [-0.2, 0) is 16.6 Å². The van der Waals surface area contributed by atoms with Crippen LogP contribution < -0.4 is 16.0 Å². The normalized spacial score (nSPS) is 11.3. The molecule has 0 aliphatic carbocycles. The van der Waals surface area contributed by atoms with Crippen molar-refractivity contribution in [2.75, 3.05) is 5.43 Å². The van der Waals surface area contributed by atoms with Crippen LogP contribution in [0.3, 0.4) is 0 Å². The summed E-state index contributed by atoms with van der Waals surface area (Å²) in [6.45, 7) is 0.155. The number of nitrogens with two attached hydrogens (primary N) is 1. The van der Waals surface area contributed by atoms with Gasteiger partial charge >= 0.3 is 0 Å². The summed E-state index contributed by atoms with van der Waals surface area (Å²) in [6, 6.07) is 13.4. The Hall–Kier alpha value is -1.60. The Labute approximate surface area is 122 Å². The summed E-state index contributed by atoms with van der Waals surface area (Å²) in [4.78, 5) is 0.101. The smallest absolute Gasteiger partial charge is 0.242 e. The Kier molecular flexibility index (Phi) is 4.61. The highest BCUT2D eigenvalue weighted by Crippen LogP contribution is 2.20. The Morgan fingerprint density at radius 3 is 2.55 bits per heavy atom. The number of nitrogens with one attached hydrogen (secondary N) is 2. The van der Waals surface area contributed by atoms with E-state index >= 15 is 0 Å². The van der Waals surface area contributed by atoms with Crippen LogP contribution in [0, 0.1) is 0 Å². The first kappa shape index (κ1) is 14.8. The Balaban J connectivity index is 2.19. The van der Waals surface area contributed by atoms with Crippen molar-refractivity contribution < 1.29 is 8.42 Å². The summed E-state index contributed by atoms with van der Waals surface area (Å²) >= 11 is 5.86. The third-order valence-electron chi connectivity index (χ3n) is 2.69. The van der Waals surface area contributed by atoms with E-state index in [-0.39, 0.29) is 11.4 Å². The standard InChI is InChI=1S/C13H14ClN3O2S/c14-11-5-3-4-10(8-11)9-16-20(18,19)13-7-2-1-6-12(13)17-15/h1-8,16-17H,9,15H2. The van der Waals surface area contributed by atoms with Crippen molar-refractivity contribution in [3.05, 3.63) is 59.1 Å². The maximum Gasteiger partial charge on any atom is 0.242 e. The number of hydrogen-bond acceptors (Lipinski definition) is 4. The monoisotopic (exact) mass is 311 g/mol. The molecule has 0 amide bonds. The van der Waals surface area contributed by atoms with Crippen LogP contribution in [0.2, 0.25) is 5.02 Å². The molecular formula is C13H14ClN3O2S. The molecule has 0 radical (unpaired) electrons. The first-order valence-electron chi connectivity index (χ1n) is 5.83. The number of para-hydroxylation sites is 1. The molecular weight excluding hydrogens is 298 g/mol. The van der Waals surface area contributed by atoms with Gasteiger partial charge in [0.1, 0.15) is 4.90 Å². The van der Waals surface area contributed by atoms with Gasteiger partial charge in [-0.05, 0) is 29.8 Å². The van der Waals surface area contributed by atoms with Crippen molar-refractivity contribution in [3.63, 3.8) is 0 Å². The Bertz CT molecular complexity index is 704. The predicted molar refractivity (Wildman–Crippen MR) is 79.7 cm³/mol. The van der Waals surface area contributed by atoms with Gasteiger partial charge in [0, 0.05) is 11.6 Å². The summed E-state index contributed by atoms with van der Waals surface area (Å²) in [6.07, 6.45) is 0. The van der Waals surface area contributed by atoms with E-state index in [1.807, 2.05) is 0 Å². The van der Waals surface area contributed by atoms with E-state index in [0.29, 0.717) is 10.7 Å². The predicted octanol–water partition coefficient (Wildman–Crippen LogP) is 2.10. The minimum Gasteiger partial charge on any atom is -0.323 e. The largest absolute Gasteiger partial charge is 0.323 e. The zero-order chi connectivity index (χ0) is 14.6. The van der Waals surface area contributed by atoms with Gasteiger partial charge in [-0.1, -0.05) is 35.9 Å². The first-order chi connectivity index (χ1) is 9.53. The zero-order valence-corrected chi connectivity index (χ0v) is 12.1. The first-order valence-corrected chi connectivity index (χ1v) is 7.69. The number of halogens is 1.